The van der Waals surface area contributed by atoms with Crippen LogP contribution in [0.15, 0.2) is 36.5 Å². The maximum Gasteiger partial charge on any atom is 0.333 e. The quantitative estimate of drug-likeness (QED) is 0.923. The van der Waals surface area contributed by atoms with Gasteiger partial charge >= 0.3 is 6.55 Å². The summed E-state index contributed by atoms with van der Waals surface area (Å²) in [6, 6.07) is 9.47. The van der Waals surface area contributed by atoms with Gasteiger partial charge in [-0.2, -0.15) is 19.1 Å². The summed E-state index contributed by atoms with van der Waals surface area (Å²) in [4.78, 5) is 11.8. The highest BCUT2D eigenvalue weighted by Crippen LogP contribution is 2.15. The number of amides is 1. The normalized spacial score (nSPS) is 10.2. The number of carbonyl (C=O) groups is 1. The van der Waals surface area contributed by atoms with Crippen molar-refractivity contribution in [2.24, 2.45) is 0 Å². The Morgan fingerprint density at radius 3 is 2.74 bits per heavy atom. The van der Waals surface area contributed by atoms with Gasteiger partial charge in [-0.25, -0.2) is 4.68 Å². The fraction of sp³-hybridized carbons (Fsp3) is 0.0833. The lowest BCUT2D eigenvalue weighted by Crippen LogP contribution is -2.14. The molecule has 0 spiro atoms. The number of rotatable bonds is 3. The fourth-order valence-corrected chi connectivity index (χ4v) is 1.44. The molecule has 2 rings (SSSR count). The topological polar surface area (TPSA) is 70.7 Å². The molecule has 0 aliphatic rings. The summed E-state index contributed by atoms with van der Waals surface area (Å²) in [6.45, 7) is -2.80. The lowest BCUT2D eigenvalue weighted by Gasteiger charge is -2.04. The molecule has 0 radical (unpaired) electrons. The number of benzene rings is 1. The van der Waals surface area contributed by atoms with Gasteiger partial charge in [0.2, 0.25) is 0 Å². The SMILES string of the molecule is N#Cc1ccccc1NC(=O)c1ccn(C(F)F)n1. The Balaban J connectivity index is 2.19. The van der Waals surface area contributed by atoms with Gasteiger partial charge < -0.3 is 5.32 Å². The van der Waals surface area contributed by atoms with E-state index in [1.807, 2.05) is 6.07 Å². The van der Waals surface area contributed by atoms with Crippen molar-refractivity contribution in [3.05, 3.63) is 47.8 Å². The molecule has 5 nitrogen and oxygen atoms in total. The summed E-state index contributed by atoms with van der Waals surface area (Å²) in [5, 5.41) is 14.7. The molecule has 1 N–H and O–H groups in total. The molecule has 0 saturated carbocycles. The second-order valence-corrected chi connectivity index (χ2v) is 3.57. The standard InChI is InChI=1S/C12H8F2N4O/c13-12(14)18-6-5-10(17-18)11(19)16-9-4-2-1-3-8(9)7-15/h1-6,12H,(H,16,19). The largest absolute Gasteiger partial charge is 0.333 e. The first-order valence-electron chi connectivity index (χ1n) is 5.25. The van der Waals surface area contributed by atoms with Crippen molar-refractivity contribution >= 4 is 11.6 Å². The third kappa shape index (κ3) is 2.74. The molecule has 2 aromatic rings. The lowest BCUT2D eigenvalue weighted by atomic mass is 10.2. The van der Waals surface area contributed by atoms with Crippen molar-refractivity contribution in [2.75, 3.05) is 5.32 Å². The molecule has 0 fully saturated rings. The Morgan fingerprint density at radius 2 is 2.11 bits per heavy atom. The van der Waals surface area contributed by atoms with Crippen molar-refractivity contribution in [1.82, 2.24) is 9.78 Å². The van der Waals surface area contributed by atoms with Gasteiger partial charge in [-0.15, -0.1) is 0 Å². The van der Waals surface area contributed by atoms with E-state index in [0.717, 1.165) is 6.20 Å². The monoisotopic (exact) mass is 262 g/mol. The number of nitrogens with zero attached hydrogens (tertiary/aromatic N) is 3. The maximum atomic E-state index is 12.3. The fourth-order valence-electron chi connectivity index (χ4n) is 1.44. The minimum atomic E-state index is -2.80. The van der Waals surface area contributed by atoms with Crippen LogP contribution in [-0.2, 0) is 0 Å². The van der Waals surface area contributed by atoms with Gasteiger partial charge in [0.1, 0.15) is 6.07 Å². The molecule has 0 atom stereocenters. The smallest absolute Gasteiger partial charge is 0.319 e. The minimum Gasteiger partial charge on any atom is -0.319 e. The molecule has 0 unspecified atom stereocenters. The van der Waals surface area contributed by atoms with Crippen molar-refractivity contribution < 1.29 is 13.6 Å². The lowest BCUT2D eigenvalue weighted by molar-refractivity contribution is 0.0561. The van der Waals surface area contributed by atoms with Crippen LogP contribution in [0.1, 0.15) is 22.6 Å². The molecule has 0 saturated heterocycles. The van der Waals surface area contributed by atoms with Crippen molar-refractivity contribution in [3.63, 3.8) is 0 Å². The van der Waals surface area contributed by atoms with Crippen molar-refractivity contribution in [1.29, 1.82) is 5.26 Å². The number of alkyl halides is 2. The van der Waals surface area contributed by atoms with Gasteiger partial charge in [0.05, 0.1) is 11.3 Å². The third-order valence-corrected chi connectivity index (χ3v) is 2.34. The van der Waals surface area contributed by atoms with Crippen LogP contribution in [0.25, 0.3) is 0 Å². The predicted octanol–water partition coefficient (Wildman–Crippen LogP) is 2.40. The molecule has 0 bridgehead atoms. The van der Waals surface area contributed by atoms with Crippen LogP contribution in [0.4, 0.5) is 14.5 Å². The Bertz CT molecular complexity index is 645. The number of aromatic nitrogens is 2. The average molecular weight is 262 g/mol. The highest BCUT2D eigenvalue weighted by molar-refractivity contribution is 6.03. The summed E-state index contributed by atoms with van der Waals surface area (Å²) in [5.74, 6) is -0.651. The van der Waals surface area contributed by atoms with Crippen LogP contribution in [0.2, 0.25) is 0 Å². The Morgan fingerprint density at radius 1 is 1.37 bits per heavy atom. The second kappa shape index (κ2) is 5.27. The first-order valence-corrected chi connectivity index (χ1v) is 5.25. The molecule has 1 aromatic heterocycles. The zero-order valence-corrected chi connectivity index (χ0v) is 9.55. The van der Waals surface area contributed by atoms with Gasteiger partial charge in [-0.05, 0) is 18.2 Å². The van der Waals surface area contributed by atoms with Gasteiger partial charge in [0.25, 0.3) is 5.91 Å². The molecule has 19 heavy (non-hydrogen) atoms. The van der Waals surface area contributed by atoms with E-state index >= 15 is 0 Å². The second-order valence-electron chi connectivity index (χ2n) is 3.57. The molecule has 1 heterocycles. The van der Waals surface area contributed by atoms with E-state index in [4.69, 9.17) is 5.26 Å². The molecular formula is C12H8F2N4O. The van der Waals surface area contributed by atoms with Gasteiger partial charge in [0, 0.05) is 6.20 Å². The van der Waals surface area contributed by atoms with E-state index in [1.54, 1.807) is 18.2 Å². The number of anilines is 1. The zero-order chi connectivity index (χ0) is 13.8. The van der Waals surface area contributed by atoms with Crippen LogP contribution in [0, 0.1) is 11.3 Å². The van der Waals surface area contributed by atoms with E-state index in [2.05, 4.69) is 10.4 Å². The van der Waals surface area contributed by atoms with Crippen LogP contribution < -0.4 is 5.32 Å². The van der Waals surface area contributed by atoms with Gasteiger partial charge in [-0.3, -0.25) is 4.79 Å². The van der Waals surface area contributed by atoms with E-state index < -0.39 is 12.5 Å². The summed E-state index contributed by atoms with van der Waals surface area (Å²) >= 11 is 0. The third-order valence-electron chi connectivity index (χ3n) is 2.34. The molecule has 96 valence electrons. The van der Waals surface area contributed by atoms with Gasteiger partial charge in [0.15, 0.2) is 5.69 Å². The molecule has 7 heteroatoms. The van der Waals surface area contributed by atoms with Crippen LogP contribution in [0.3, 0.4) is 0 Å². The van der Waals surface area contributed by atoms with E-state index in [-0.39, 0.29) is 11.3 Å². The molecule has 0 aliphatic heterocycles. The summed E-state index contributed by atoms with van der Waals surface area (Å²) in [5.41, 5.74) is 0.443. The van der Waals surface area contributed by atoms with Crippen LogP contribution >= 0.6 is 0 Å². The minimum absolute atomic E-state index is 0.145. The van der Waals surface area contributed by atoms with E-state index in [1.165, 1.54) is 12.1 Å². The summed E-state index contributed by atoms with van der Waals surface area (Å²) in [6.07, 6.45) is 1.01. The number of nitriles is 1. The van der Waals surface area contributed by atoms with E-state index in [0.29, 0.717) is 10.4 Å². The highest BCUT2D eigenvalue weighted by atomic mass is 19.3. The number of carbonyl (C=O) groups excluding carboxylic acids is 1. The van der Waals surface area contributed by atoms with Crippen molar-refractivity contribution in [2.45, 2.75) is 6.55 Å². The predicted molar refractivity (Wildman–Crippen MR) is 62.6 cm³/mol. The van der Waals surface area contributed by atoms with E-state index in [9.17, 15) is 13.6 Å². The Hall–Kier alpha value is -2.75. The zero-order valence-electron chi connectivity index (χ0n) is 9.55. The average Bonchev–Trinajstić information content (AvgIpc) is 2.89. The number of hydrogen-bond acceptors (Lipinski definition) is 3. The maximum absolute atomic E-state index is 12.3. The number of hydrogen-bond donors (Lipinski definition) is 1. The first-order chi connectivity index (χ1) is 9.11. The van der Waals surface area contributed by atoms with Crippen molar-refractivity contribution in [3.8, 4) is 6.07 Å². The molecular weight excluding hydrogens is 254 g/mol. The highest BCUT2D eigenvalue weighted by Gasteiger charge is 2.14. The number of halogens is 2. The summed E-state index contributed by atoms with van der Waals surface area (Å²) < 4.78 is 25.0. The summed E-state index contributed by atoms with van der Waals surface area (Å²) in [7, 11) is 0. The number of para-hydroxylation sites is 1. The Labute approximate surface area is 107 Å². The number of nitrogens with one attached hydrogen (secondary N) is 1. The molecule has 1 aromatic carbocycles. The molecule has 1 amide bonds. The van der Waals surface area contributed by atoms with Gasteiger partial charge in [-0.1, -0.05) is 12.1 Å². The molecule has 0 aliphatic carbocycles. The van der Waals surface area contributed by atoms with Crippen LogP contribution in [0.5, 0.6) is 0 Å². The van der Waals surface area contributed by atoms with Crippen LogP contribution in [-0.4, -0.2) is 15.7 Å². The Kier molecular flexibility index (Phi) is 3.52. The first kappa shape index (κ1) is 12.7.